The summed E-state index contributed by atoms with van der Waals surface area (Å²) in [5.74, 6) is 1.89. The fraction of sp³-hybridized carbons (Fsp3) is 0.308. The molecule has 0 aliphatic carbocycles. The zero-order valence-corrected chi connectivity index (χ0v) is 20.4. The van der Waals surface area contributed by atoms with Crippen molar-refractivity contribution in [3.8, 4) is 28.8 Å². The molecule has 4 rings (SSSR count). The largest absolute Gasteiger partial charge is 0.489 e. The summed E-state index contributed by atoms with van der Waals surface area (Å²) >= 11 is 0. The Kier molecular flexibility index (Phi) is 6.58. The number of anilines is 1. The van der Waals surface area contributed by atoms with Gasteiger partial charge in [-0.25, -0.2) is 14.5 Å². The summed E-state index contributed by atoms with van der Waals surface area (Å²) < 4.78 is 12.6. The van der Waals surface area contributed by atoms with E-state index in [1.807, 2.05) is 37.4 Å². The third-order valence-corrected chi connectivity index (χ3v) is 5.75. The highest BCUT2D eigenvalue weighted by Crippen LogP contribution is 2.32. The Bertz CT molecular complexity index is 1350. The Morgan fingerprint density at radius 3 is 2.57 bits per heavy atom. The van der Waals surface area contributed by atoms with E-state index >= 15 is 0 Å². The molecule has 1 N–H and O–H groups in total. The van der Waals surface area contributed by atoms with Crippen LogP contribution in [-0.4, -0.2) is 51.1 Å². The summed E-state index contributed by atoms with van der Waals surface area (Å²) in [4.78, 5) is 11.0. The fourth-order valence-electron chi connectivity index (χ4n) is 3.67. The molecule has 180 valence electrons. The predicted octanol–water partition coefficient (Wildman–Crippen LogP) is 4.02. The summed E-state index contributed by atoms with van der Waals surface area (Å²) in [6.45, 7) is 5.55. The smallest absolute Gasteiger partial charge is 0.212 e. The van der Waals surface area contributed by atoms with Gasteiger partial charge in [-0.3, -0.25) is 0 Å². The number of methoxy groups -OCH3 is 1. The van der Waals surface area contributed by atoms with Crippen molar-refractivity contribution in [2.24, 2.45) is 0 Å². The van der Waals surface area contributed by atoms with Crippen LogP contribution in [0.1, 0.15) is 37.9 Å². The van der Waals surface area contributed by atoms with Crippen molar-refractivity contribution in [3.63, 3.8) is 0 Å². The molecule has 4 aromatic rings. The first-order valence-electron chi connectivity index (χ1n) is 11.2. The molecule has 9 nitrogen and oxygen atoms in total. The Balaban J connectivity index is 1.65. The summed E-state index contributed by atoms with van der Waals surface area (Å²) in [5, 5.41) is 23.9. The van der Waals surface area contributed by atoms with Crippen LogP contribution in [0, 0.1) is 11.3 Å². The van der Waals surface area contributed by atoms with Crippen molar-refractivity contribution < 1.29 is 14.6 Å². The Morgan fingerprint density at radius 1 is 1.17 bits per heavy atom. The number of aromatic nitrogens is 4. The number of hydrogen-bond acceptors (Lipinski definition) is 8. The van der Waals surface area contributed by atoms with Gasteiger partial charge < -0.3 is 19.5 Å². The quantitative estimate of drug-likeness (QED) is 0.410. The molecule has 1 atom stereocenters. The summed E-state index contributed by atoms with van der Waals surface area (Å²) in [6.07, 6.45) is 6.80. The molecule has 0 aliphatic heterocycles. The number of nitrogens with zero attached hydrogens (tertiary/aromatic N) is 6. The van der Waals surface area contributed by atoms with E-state index in [0.29, 0.717) is 22.7 Å². The molecule has 4 aromatic heterocycles. The van der Waals surface area contributed by atoms with Gasteiger partial charge in [-0.2, -0.15) is 10.4 Å². The van der Waals surface area contributed by atoms with Gasteiger partial charge in [-0.1, -0.05) is 6.07 Å². The van der Waals surface area contributed by atoms with E-state index in [0.717, 1.165) is 22.5 Å². The Hall–Kier alpha value is -4.16. The molecule has 9 heteroatoms. The van der Waals surface area contributed by atoms with Crippen LogP contribution in [0.4, 0.5) is 5.82 Å². The Morgan fingerprint density at radius 2 is 1.97 bits per heavy atom. The monoisotopic (exact) mass is 472 g/mol. The molecular formula is C26H28N6O3. The topological polar surface area (TPSA) is 109 Å². The van der Waals surface area contributed by atoms with E-state index in [4.69, 9.17) is 9.47 Å². The third kappa shape index (κ3) is 5.18. The number of aliphatic hydroxyl groups is 1. The molecule has 4 heterocycles. The van der Waals surface area contributed by atoms with Gasteiger partial charge in [0.2, 0.25) is 5.88 Å². The first kappa shape index (κ1) is 24.0. The standard InChI is InChI=1S/C26H28N6O3/c1-17(18-7-9-24(34-5)29-12-18)31(4)23-8-6-19(13-28-23)22-10-21(35-16-26(2,3)33)15-32-25(22)20(11-27)14-30-32/h6-10,12-15,17,33H,16H2,1-5H3/t17-/m0/s1. The lowest BCUT2D eigenvalue weighted by atomic mass is 10.0. The molecule has 0 saturated carbocycles. The van der Waals surface area contributed by atoms with E-state index in [-0.39, 0.29) is 12.6 Å². The van der Waals surface area contributed by atoms with Crippen LogP contribution in [0.5, 0.6) is 11.6 Å². The van der Waals surface area contributed by atoms with Crippen molar-refractivity contribution in [2.45, 2.75) is 32.4 Å². The third-order valence-electron chi connectivity index (χ3n) is 5.75. The van der Waals surface area contributed by atoms with E-state index in [1.165, 1.54) is 6.20 Å². The average Bonchev–Trinajstić information content (AvgIpc) is 3.29. The van der Waals surface area contributed by atoms with Crippen molar-refractivity contribution in [1.29, 1.82) is 5.26 Å². The van der Waals surface area contributed by atoms with Crippen LogP contribution in [0.15, 0.2) is 55.1 Å². The zero-order valence-electron chi connectivity index (χ0n) is 20.4. The molecule has 0 unspecified atom stereocenters. The molecule has 0 spiro atoms. The first-order chi connectivity index (χ1) is 16.7. The van der Waals surface area contributed by atoms with Crippen LogP contribution < -0.4 is 14.4 Å². The van der Waals surface area contributed by atoms with Gasteiger partial charge in [-0.15, -0.1) is 0 Å². The summed E-state index contributed by atoms with van der Waals surface area (Å²) in [6, 6.07) is 11.8. The van der Waals surface area contributed by atoms with Crippen molar-refractivity contribution >= 4 is 11.3 Å². The summed E-state index contributed by atoms with van der Waals surface area (Å²) in [7, 11) is 3.57. The summed E-state index contributed by atoms with van der Waals surface area (Å²) in [5.41, 5.74) is 2.76. The van der Waals surface area contributed by atoms with Crippen molar-refractivity contribution in [2.75, 3.05) is 25.7 Å². The maximum Gasteiger partial charge on any atom is 0.212 e. The second-order valence-corrected chi connectivity index (χ2v) is 8.98. The number of rotatable bonds is 8. The van der Waals surface area contributed by atoms with Crippen LogP contribution in [0.2, 0.25) is 0 Å². The van der Waals surface area contributed by atoms with E-state index in [2.05, 4.69) is 33.0 Å². The van der Waals surface area contributed by atoms with E-state index in [1.54, 1.807) is 44.1 Å². The second kappa shape index (κ2) is 9.60. The van der Waals surface area contributed by atoms with Gasteiger partial charge in [0.1, 0.15) is 24.2 Å². The van der Waals surface area contributed by atoms with E-state index in [9.17, 15) is 10.4 Å². The lowest BCUT2D eigenvalue weighted by molar-refractivity contribution is 0.0283. The van der Waals surface area contributed by atoms with Crippen LogP contribution in [-0.2, 0) is 0 Å². The van der Waals surface area contributed by atoms with Crippen LogP contribution >= 0.6 is 0 Å². The van der Waals surface area contributed by atoms with E-state index < -0.39 is 5.60 Å². The highest BCUT2D eigenvalue weighted by Gasteiger charge is 2.18. The number of hydrogen-bond donors (Lipinski definition) is 1. The van der Waals surface area contributed by atoms with Crippen molar-refractivity contribution in [3.05, 3.63) is 66.2 Å². The maximum atomic E-state index is 10.0. The molecular weight excluding hydrogens is 444 g/mol. The van der Waals surface area contributed by atoms with Gasteiger partial charge >= 0.3 is 0 Å². The normalized spacial score (nSPS) is 12.3. The minimum atomic E-state index is -0.985. The maximum absolute atomic E-state index is 10.0. The van der Waals surface area contributed by atoms with Gasteiger partial charge in [0.25, 0.3) is 0 Å². The molecule has 0 fully saturated rings. The molecule has 35 heavy (non-hydrogen) atoms. The lowest BCUT2D eigenvalue weighted by Gasteiger charge is -2.26. The second-order valence-electron chi connectivity index (χ2n) is 8.98. The van der Waals surface area contributed by atoms with Gasteiger partial charge in [0.05, 0.1) is 42.2 Å². The average molecular weight is 473 g/mol. The lowest BCUT2D eigenvalue weighted by Crippen LogP contribution is -2.27. The SMILES string of the molecule is COc1ccc([C@H](C)N(C)c2ccc(-c3cc(OCC(C)(C)O)cn4ncc(C#N)c34)cn2)cn1. The van der Waals surface area contributed by atoms with Crippen molar-refractivity contribution in [1.82, 2.24) is 19.6 Å². The highest BCUT2D eigenvalue weighted by molar-refractivity contribution is 5.85. The minimum absolute atomic E-state index is 0.0389. The van der Waals surface area contributed by atoms with Crippen LogP contribution in [0.25, 0.3) is 16.6 Å². The molecule has 0 bridgehead atoms. The predicted molar refractivity (Wildman–Crippen MR) is 133 cm³/mol. The molecule has 0 saturated heterocycles. The zero-order chi connectivity index (χ0) is 25.2. The number of fused-ring (bicyclic) bond motifs is 1. The number of nitriles is 1. The Labute approximate surface area is 204 Å². The molecule has 0 radical (unpaired) electrons. The molecule has 0 amide bonds. The molecule has 0 aliphatic rings. The molecule has 0 aromatic carbocycles. The highest BCUT2D eigenvalue weighted by atomic mass is 16.5. The van der Waals surface area contributed by atoms with Gasteiger partial charge in [-0.05, 0) is 44.5 Å². The minimum Gasteiger partial charge on any atom is -0.489 e. The first-order valence-corrected chi connectivity index (χ1v) is 11.2. The number of pyridine rings is 3. The number of ether oxygens (including phenoxy) is 2. The fourth-order valence-corrected chi connectivity index (χ4v) is 3.67. The van der Waals surface area contributed by atoms with Gasteiger partial charge in [0, 0.05) is 36.6 Å². The van der Waals surface area contributed by atoms with Gasteiger partial charge in [0.15, 0.2) is 0 Å². The van der Waals surface area contributed by atoms with Crippen LogP contribution in [0.3, 0.4) is 0 Å².